The van der Waals surface area contributed by atoms with Gasteiger partial charge in [-0.15, -0.1) is 0 Å². The number of benzene rings is 1. The number of hydrogen-bond acceptors (Lipinski definition) is 4. The first-order valence-corrected chi connectivity index (χ1v) is 3.68. The molecule has 0 radical (unpaired) electrons. The fraction of sp³-hybridized carbons (Fsp3) is 0.125. The van der Waals surface area contributed by atoms with Crippen molar-refractivity contribution in [2.45, 2.75) is 6.92 Å². The minimum atomic E-state index is -0.932. The summed E-state index contributed by atoms with van der Waals surface area (Å²) >= 11 is 0. The Morgan fingerprint density at radius 1 is 1.57 bits per heavy atom. The quantitative estimate of drug-likeness (QED) is 0.338. The monoisotopic (exact) mass is 198 g/mol. The van der Waals surface area contributed by atoms with Crippen LogP contribution in [-0.4, -0.2) is 10.7 Å². The maximum absolute atomic E-state index is 13.1. The van der Waals surface area contributed by atoms with Gasteiger partial charge in [0.2, 0.25) is 0 Å². The van der Waals surface area contributed by atoms with Gasteiger partial charge in [0.05, 0.1) is 16.6 Å². The highest BCUT2D eigenvalue weighted by Gasteiger charge is 2.17. The van der Waals surface area contributed by atoms with Crippen molar-refractivity contribution in [2.24, 2.45) is 0 Å². The van der Waals surface area contributed by atoms with Crippen LogP contribution in [0.1, 0.15) is 17.3 Å². The topological polar surface area (TPSA) is 86.2 Å². The number of rotatable bonds is 2. The molecular formula is C8H7FN2O3. The van der Waals surface area contributed by atoms with Crippen LogP contribution >= 0.6 is 0 Å². The molecule has 0 unspecified atom stereocenters. The number of ketones is 1. The molecule has 0 aliphatic rings. The number of nitrogens with zero attached hydrogens (tertiary/aromatic N) is 1. The fourth-order valence-electron chi connectivity index (χ4n) is 1.01. The molecule has 0 fully saturated rings. The van der Waals surface area contributed by atoms with Gasteiger partial charge >= 0.3 is 0 Å². The molecule has 74 valence electrons. The van der Waals surface area contributed by atoms with E-state index in [9.17, 15) is 19.3 Å². The Labute approximate surface area is 78.5 Å². The average molecular weight is 198 g/mol. The SMILES string of the molecule is CC(=O)c1cc(N)c([N+](=O)[O-])cc1F. The molecule has 2 N–H and O–H groups in total. The van der Waals surface area contributed by atoms with E-state index < -0.39 is 22.2 Å². The van der Waals surface area contributed by atoms with Crippen molar-refractivity contribution in [2.75, 3.05) is 5.73 Å². The van der Waals surface area contributed by atoms with Gasteiger partial charge in [-0.3, -0.25) is 14.9 Å². The first kappa shape index (κ1) is 10.1. The van der Waals surface area contributed by atoms with Gasteiger partial charge in [-0.1, -0.05) is 0 Å². The van der Waals surface area contributed by atoms with Crippen LogP contribution in [0.4, 0.5) is 15.8 Å². The van der Waals surface area contributed by atoms with E-state index in [4.69, 9.17) is 5.73 Å². The van der Waals surface area contributed by atoms with E-state index in [1.165, 1.54) is 0 Å². The molecule has 6 heteroatoms. The largest absolute Gasteiger partial charge is 0.393 e. The van der Waals surface area contributed by atoms with Gasteiger partial charge in [0.1, 0.15) is 11.5 Å². The maximum atomic E-state index is 13.1. The summed E-state index contributed by atoms with van der Waals surface area (Å²) in [5.74, 6) is -1.46. The summed E-state index contributed by atoms with van der Waals surface area (Å²) in [6, 6.07) is 1.61. The first-order valence-electron chi connectivity index (χ1n) is 3.68. The van der Waals surface area contributed by atoms with Crippen molar-refractivity contribution in [3.8, 4) is 0 Å². The van der Waals surface area contributed by atoms with Crippen molar-refractivity contribution in [1.82, 2.24) is 0 Å². The molecule has 0 bridgehead atoms. The number of nitro groups is 1. The average Bonchev–Trinajstić information content (AvgIpc) is 2.07. The zero-order valence-electron chi connectivity index (χ0n) is 7.28. The Bertz CT molecular complexity index is 378. The lowest BCUT2D eigenvalue weighted by Crippen LogP contribution is -2.02. The molecule has 0 heterocycles. The minimum absolute atomic E-state index is 0.221. The molecule has 0 amide bonds. The van der Waals surface area contributed by atoms with E-state index in [0.29, 0.717) is 6.07 Å². The van der Waals surface area contributed by atoms with Crippen molar-refractivity contribution in [1.29, 1.82) is 0 Å². The summed E-state index contributed by atoms with van der Waals surface area (Å²) in [7, 11) is 0. The molecule has 0 aromatic heterocycles. The predicted octanol–water partition coefficient (Wildman–Crippen LogP) is 1.52. The molecule has 0 saturated heterocycles. The highest BCUT2D eigenvalue weighted by molar-refractivity contribution is 5.95. The van der Waals surface area contributed by atoms with Crippen LogP contribution in [0.5, 0.6) is 0 Å². The number of nitrogens with two attached hydrogens (primary N) is 1. The van der Waals surface area contributed by atoms with Crippen molar-refractivity contribution < 1.29 is 14.1 Å². The summed E-state index contributed by atoms with van der Waals surface area (Å²) in [5.41, 5.74) is 4.27. The Morgan fingerprint density at radius 2 is 2.14 bits per heavy atom. The lowest BCUT2D eigenvalue weighted by molar-refractivity contribution is -0.384. The lowest BCUT2D eigenvalue weighted by atomic mass is 10.1. The van der Waals surface area contributed by atoms with Gasteiger partial charge in [0.25, 0.3) is 5.69 Å². The number of Topliss-reactive ketones (excluding diaryl/α,β-unsaturated/α-hetero) is 1. The molecular weight excluding hydrogens is 191 g/mol. The number of carbonyl (C=O) groups excluding carboxylic acids is 1. The van der Waals surface area contributed by atoms with E-state index in [1.807, 2.05) is 0 Å². The van der Waals surface area contributed by atoms with Crippen LogP contribution in [-0.2, 0) is 0 Å². The maximum Gasteiger partial charge on any atom is 0.295 e. The molecule has 5 nitrogen and oxygen atoms in total. The zero-order valence-corrected chi connectivity index (χ0v) is 7.28. The summed E-state index contributed by atoms with van der Waals surface area (Å²) < 4.78 is 13.1. The van der Waals surface area contributed by atoms with Crippen molar-refractivity contribution in [3.63, 3.8) is 0 Å². The normalized spacial score (nSPS) is 9.86. The molecule has 14 heavy (non-hydrogen) atoms. The van der Waals surface area contributed by atoms with Gasteiger partial charge < -0.3 is 5.73 Å². The first-order chi connectivity index (χ1) is 6.43. The number of hydrogen-bond donors (Lipinski definition) is 1. The second-order valence-corrected chi connectivity index (χ2v) is 2.70. The Hall–Kier alpha value is -1.98. The van der Waals surface area contributed by atoms with E-state index in [-0.39, 0.29) is 11.3 Å². The molecule has 1 rings (SSSR count). The molecule has 0 atom stereocenters. The zero-order chi connectivity index (χ0) is 10.9. The van der Waals surface area contributed by atoms with Gasteiger partial charge in [-0.25, -0.2) is 4.39 Å². The highest BCUT2D eigenvalue weighted by atomic mass is 19.1. The van der Waals surface area contributed by atoms with Gasteiger partial charge in [0.15, 0.2) is 5.78 Å². The predicted molar refractivity (Wildman–Crippen MR) is 47.5 cm³/mol. The van der Waals surface area contributed by atoms with E-state index in [2.05, 4.69) is 0 Å². The van der Waals surface area contributed by atoms with E-state index in [0.717, 1.165) is 13.0 Å². The van der Waals surface area contributed by atoms with Crippen molar-refractivity contribution in [3.05, 3.63) is 33.6 Å². The third-order valence-electron chi connectivity index (χ3n) is 1.69. The second-order valence-electron chi connectivity index (χ2n) is 2.70. The van der Waals surface area contributed by atoms with Gasteiger partial charge in [0, 0.05) is 0 Å². The van der Waals surface area contributed by atoms with E-state index in [1.54, 1.807) is 0 Å². The smallest absolute Gasteiger partial charge is 0.295 e. The van der Waals surface area contributed by atoms with Gasteiger partial charge in [-0.05, 0) is 13.0 Å². The number of anilines is 1. The van der Waals surface area contributed by atoms with Crippen LogP contribution < -0.4 is 5.73 Å². The molecule has 1 aromatic rings. The standard InChI is InChI=1S/C8H7FN2O3/c1-4(12)5-2-7(10)8(11(13)14)3-6(5)9/h2-3H,10H2,1H3. The molecule has 0 aliphatic carbocycles. The number of carbonyl (C=O) groups is 1. The molecule has 0 spiro atoms. The Morgan fingerprint density at radius 3 is 2.57 bits per heavy atom. The van der Waals surface area contributed by atoms with Crippen LogP contribution in [0.15, 0.2) is 12.1 Å². The highest BCUT2D eigenvalue weighted by Crippen LogP contribution is 2.24. The summed E-state index contributed by atoms with van der Waals surface area (Å²) in [6.07, 6.45) is 0. The van der Waals surface area contributed by atoms with E-state index >= 15 is 0 Å². The Balaban J connectivity index is 3.38. The third-order valence-corrected chi connectivity index (χ3v) is 1.69. The number of nitrogen functional groups attached to an aromatic ring is 1. The van der Waals surface area contributed by atoms with Crippen LogP contribution in [0, 0.1) is 15.9 Å². The van der Waals surface area contributed by atoms with Crippen LogP contribution in [0.3, 0.4) is 0 Å². The summed E-state index contributed by atoms with van der Waals surface area (Å²) in [4.78, 5) is 20.4. The second kappa shape index (κ2) is 3.41. The van der Waals surface area contributed by atoms with Crippen LogP contribution in [0.2, 0.25) is 0 Å². The van der Waals surface area contributed by atoms with Crippen molar-refractivity contribution >= 4 is 17.2 Å². The molecule has 1 aromatic carbocycles. The molecule has 0 aliphatic heterocycles. The fourth-order valence-corrected chi connectivity index (χ4v) is 1.01. The lowest BCUT2D eigenvalue weighted by Gasteiger charge is -2.01. The minimum Gasteiger partial charge on any atom is -0.393 e. The Kier molecular flexibility index (Phi) is 2.46. The van der Waals surface area contributed by atoms with Crippen LogP contribution in [0.25, 0.3) is 0 Å². The number of halogens is 1. The molecule has 0 saturated carbocycles. The summed E-state index contributed by atoms with van der Waals surface area (Å²) in [6.45, 7) is 1.16. The van der Waals surface area contributed by atoms with Gasteiger partial charge in [-0.2, -0.15) is 0 Å². The summed E-state index contributed by atoms with van der Waals surface area (Å²) in [5, 5.41) is 10.3. The number of nitro benzene ring substituents is 1. The third kappa shape index (κ3) is 1.68.